The van der Waals surface area contributed by atoms with Crippen molar-refractivity contribution >= 4 is 11.3 Å². The molecule has 0 amide bonds. The number of aryl methyl sites for hydroxylation is 1. The molecule has 90 valence electrons. The molecule has 1 saturated carbocycles. The summed E-state index contributed by atoms with van der Waals surface area (Å²) in [7, 11) is 0. The van der Waals surface area contributed by atoms with Crippen LogP contribution in [0.5, 0.6) is 0 Å². The first-order chi connectivity index (χ1) is 7.81. The number of rotatable bonds is 4. The molecule has 1 aliphatic carbocycles. The van der Waals surface area contributed by atoms with Gasteiger partial charge < -0.3 is 11.1 Å². The SMILES string of the molecule is Cc1ccsc1C(CN)NC1CCCCC1. The maximum Gasteiger partial charge on any atom is 0.0544 e. The monoisotopic (exact) mass is 238 g/mol. The quantitative estimate of drug-likeness (QED) is 0.846. The van der Waals surface area contributed by atoms with Crippen LogP contribution in [0.25, 0.3) is 0 Å². The first kappa shape index (κ1) is 12.1. The van der Waals surface area contributed by atoms with Crippen molar-refractivity contribution in [3.63, 3.8) is 0 Å². The molecule has 1 heterocycles. The summed E-state index contributed by atoms with van der Waals surface area (Å²) in [6.45, 7) is 2.88. The van der Waals surface area contributed by atoms with Gasteiger partial charge in [-0.1, -0.05) is 19.3 Å². The van der Waals surface area contributed by atoms with Crippen molar-refractivity contribution in [1.29, 1.82) is 0 Å². The normalized spacial score (nSPS) is 19.9. The number of hydrogen-bond acceptors (Lipinski definition) is 3. The van der Waals surface area contributed by atoms with E-state index in [1.165, 1.54) is 42.5 Å². The highest BCUT2D eigenvalue weighted by molar-refractivity contribution is 7.10. The van der Waals surface area contributed by atoms with Crippen LogP contribution in [0.4, 0.5) is 0 Å². The fraction of sp³-hybridized carbons (Fsp3) is 0.692. The minimum atomic E-state index is 0.364. The van der Waals surface area contributed by atoms with Gasteiger partial charge in [0.1, 0.15) is 0 Å². The molecule has 0 saturated heterocycles. The predicted octanol–water partition coefficient (Wildman–Crippen LogP) is 2.98. The summed E-state index contributed by atoms with van der Waals surface area (Å²) in [6, 6.07) is 3.23. The van der Waals surface area contributed by atoms with Gasteiger partial charge in [-0.05, 0) is 36.8 Å². The molecular weight excluding hydrogens is 216 g/mol. The predicted molar refractivity (Wildman–Crippen MR) is 70.9 cm³/mol. The minimum absolute atomic E-state index is 0.364. The van der Waals surface area contributed by atoms with Crippen LogP contribution < -0.4 is 11.1 Å². The van der Waals surface area contributed by atoms with Crippen molar-refractivity contribution in [3.05, 3.63) is 21.9 Å². The maximum atomic E-state index is 5.89. The molecule has 1 aliphatic rings. The Balaban J connectivity index is 1.97. The molecule has 1 unspecified atom stereocenters. The van der Waals surface area contributed by atoms with Gasteiger partial charge in [0.2, 0.25) is 0 Å². The second-order valence-corrected chi connectivity index (χ2v) is 5.71. The Hall–Kier alpha value is -0.380. The van der Waals surface area contributed by atoms with Gasteiger partial charge >= 0.3 is 0 Å². The van der Waals surface area contributed by atoms with Crippen molar-refractivity contribution in [2.24, 2.45) is 5.73 Å². The van der Waals surface area contributed by atoms with Crippen molar-refractivity contribution in [3.8, 4) is 0 Å². The zero-order chi connectivity index (χ0) is 11.4. The van der Waals surface area contributed by atoms with E-state index in [-0.39, 0.29) is 0 Å². The van der Waals surface area contributed by atoms with Crippen molar-refractivity contribution < 1.29 is 0 Å². The highest BCUT2D eigenvalue weighted by Crippen LogP contribution is 2.26. The summed E-state index contributed by atoms with van der Waals surface area (Å²) in [5, 5.41) is 5.90. The maximum absolute atomic E-state index is 5.89. The van der Waals surface area contributed by atoms with Gasteiger partial charge in [-0.3, -0.25) is 0 Å². The average Bonchev–Trinajstić information content (AvgIpc) is 2.74. The molecule has 0 radical (unpaired) electrons. The van der Waals surface area contributed by atoms with Crippen LogP contribution in [0, 0.1) is 6.92 Å². The fourth-order valence-corrected chi connectivity index (χ4v) is 3.55. The molecule has 0 aromatic carbocycles. The van der Waals surface area contributed by atoms with E-state index < -0.39 is 0 Å². The molecule has 0 aliphatic heterocycles. The molecule has 1 aromatic heterocycles. The van der Waals surface area contributed by atoms with Gasteiger partial charge in [-0.15, -0.1) is 11.3 Å². The van der Waals surface area contributed by atoms with Crippen molar-refractivity contribution in [2.45, 2.75) is 51.1 Å². The van der Waals surface area contributed by atoms with Crippen molar-refractivity contribution in [1.82, 2.24) is 5.32 Å². The topological polar surface area (TPSA) is 38.0 Å². The number of nitrogens with two attached hydrogens (primary N) is 1. The van der Waals surface area contributed by atoms with E-state index in [4.69, 9.17) is 5.73 Å². The number of thiophene rings is 1. The Bertz CT molecular complexity index is 315. The van der Waals surface area contributed by atoms with Gasteiger partial charge in [0.25, 0.3) is 0 Å². The lowest BCUT2D eigenvalue weighted by molar-refractivity contribution is 0.342. The van der Waals surface area contributed by atoms with Gasteiger partial charge in [0, 0.05) is 17.5 Å². The fourth-order valence-electron chi connectivity index (χ4n) is 2.55. The van der Waals surface area contributed by atoms with Gasteiger partial charge in [0.05, 0.1) is 6.04 Å². The van der Waals surface area contributed by atoms with Crippen LogP contribution in [0.15, 0.2) is 11.4 Å². The van der Waals surface area contributed by atoms with Gasteiger partial charge in [-0.25, -0.2) is 0 Å². The zero-order valence-corrected chi connectivity index (χ0v) is 10.9. The molecule has 16 heavy (non-hydrogen) atoms. The molecule has 1 atom stereocenters. The summed E-state index contributed by atoms with van der Waals surface area (Å²) in [4.78, 5) is 1.42. The second-order valence-electron chi connectivity index (χ2n) is 4.76. The minimum Gasteiger partial charge on any atom is -0.329 e. The van der Waals surface area contributed by atoms with Crippen LogP contribution in [-0.2, 0) is 0 Å². The Labute approximate surface area is 102 Å². The lowest BCUT2D eigenvalue weighted by Crippen LogP contribution is -2.37. The lowest BCUT2D eigenvalue weighted by Gasteiger charge is -2.27. The average molecular weight is 238 g/mol. The van der Waals surface area contributed by atoms with Gasteiger partial charge in [0.15, 0.2) is 0 Å². The first-order valence-electron chi connectivity index (χ1n) is 6.31. The molecule has 3 N–H and O–H groups in total. The van der Waals surface area contributed by atoms with E-state index in [9.17, 15) is 0 Å². The van der Waals surface area contributed by atoms with Gasteiger partial charge in [-0.2, -0.15) is 0 Å². The third-order valence-corrected chi connectivity index (χ3v) is 4.63. The van der Waals surface area contributed by atoms with E-state index in [1.54, 1.807) is 0 Å². The Morgan fingerprint density at radius 1 is 1.44 bits per heavy atom. The highest BCUT2D eigenvalue weighted by Gasteiger charge is 2.19. The van der Waals surface area contributed by atoms with Crippen LogP contribution in [-0.4, -0.2) is 12.6 Å². The van der Waals surface area contributed by atoms with E-state index in [1.807, 2.05) is 11.3 Å². The van der Waals surface area contributed by atoms with Crippen LogP contribution in [0.3, 0.4) is 0 Å². The smallest absolute Gasteiger partial charge is 0.0544 e. The molecule has 0 spiro atoms. The van der Waals surface area contributed by atoms with E-state index in [2.05, 4.69) is 23.7 Å². The Morgan fingerprint density at radius 2 is 2.19 bits per heavy atom. The van der Waals surface area contributed by atoms with E-state index in [0.29, 0.717) is 18.6 Å². The number of hydrogen-bond donors (Lipinski definition) is 2. The van der Waals surface area contributed by atoms with Crippen LogP contribution >= 0.6 is 11.3 Å². The second kappa shape index (κ2) is 5.80. The summed E-state index contributed by atoms with van der Waals surface area (Å²) in [5.41, 5.74) is 7.27. The Morgan fingerprint density at radius 3 is 2.75 bits per heavy atom. The highest BCUT2D eigenvalue weighted by atomic mass is 32.1. The van der Waals surface area contributed by atoms with E-state index >= 15 is 0 Å². The molecule has 1 aromatic rings. The third kappa shape index (κ3) is 2.84. The van der Waals surface area contributed by atoms with Crippen LogP contribution in [0.1, 0.15) is 48.6 Å². The Kier molecular flexibility index (Phi) is 4.38. The lowest BCUT2D eigenvalue weighted by atomic mass is 9.94. The molecule has 2 rings (SSSR count). The summed E-state index contributed by atoms with van der Waals surface area (Å²) in [6.07, 6.45) is 6.79. The van der Waals surface area contributed by atoms with Crippen molar-refractivity contribution in [2.75, 3.05) is 6.54 Å². The first-order valence-corrected chi connectivity index (χ1v) is 7.19. The van der Waals surface area contributed by atoms with E-state index in [0.717, 1.165) is 0 Å². The molecule has 0 bridgehead atoms. The summed E-state index contributed by atoms with van der Waals surface area (Å²) >= 11 is 1.83. The molecule has 3 heteroatoms. The molecular formula is C13H22N2S. The number of nitrogens with one attached hydrogen (secondary N) is 1. The largest absolute Gasteiger partial charge is 0.329 e. The molecule has 1 fully saturated rings. The van der Waals surface area contributed by atoms with Crippen LogP contribution in [0.2, 0.25) is 0 Å². The zero-order valence-electron chi connectivity index (χ0n) is 10.0. The molecule has 2 nitrogen and oxygen atoms in total. The summed E-state index contributed by atoms with van der Waals surface area (Å²) < 4.78 is 0. The standard InChI is InChI=1S/C13H22N2S/c1-10-7-8-16-13(10)12(9-14)15-11-5-3-2-4-6-11/h7-8,11-12,15H,2-6,9,14H2,1H3. The summed E-state index contributed by atoms with van der Waals surface area (Å²) in [5.74, 6) is 0. The third-order valence-electron chi connectivity index (χ3n) is 3.50.